The molecule has 1 saturated heterocycles. The van der Waals surface area contributed by atoms with E-state index in [-0.39, 0.29) is 35.0 Å². The minimum absolute atomic E-state index is 0.000750. The Morgan fingerprint density at radius 3 is 2.58 bits per heavy atom. The number of benzene rings is 2. The summed E-state index contributed by atoms with van der Waals surface area (Å²) in [7, 11) is -3.04. The second-order valence-corrected chi connectivity index (χ2v) is 10.6. The van der Waals surface area contributed by atoms with Gasteiger partial charge in [0.25, 0.3) is 0 Å². The van der Waals surface area contributed by atoms with Gasteiger partial charge in [0, 0.05) is 6.04 Å². The number of aromatic nitrogens is 2. The van der Waals surface area contributed by atoms with Gasteiger partial charge in [-0.15, -0.1) is 0 Å². The first kappa shape index (κ1) is 21.6. The van der Waals surface area contributed by atoms with Gasteiger partial charge in [-0.1, -0.05) is 42.1 Å². The Bertz CT molecular complexity index is 1160. The van der Waals surface area contributed by atoms with Gasteiger partial charge in [0.1, 0.15) is 5.82 Å². The number of hydrogen-bond donors (Lipinski definition) is 1. The standard InChI is InChI=1S/C22H22FN3O3S2/c23-18-8-6-17(7-9-18)20-12-24-22(26(20)13-16-4-2-1-3-5-16)30-14-21(27)25-19-10-11-31(28,29)15-19/h1-9,12,19H,10-11,13-15H2,(H,25,27)/t19-/m0/s1. The molecule has 1 aliphatic rings. The van der Waals surface area contributed by atoms with Crippen molar-refractivity contribution < 1.29 is 17.6 Å². The number of hydrogen-bond acceptors (Lipinski definition) is 5. The average molecular weight is 460 g/mol. The van der Waals surface area contributed by atoms with Gasteiger partial charge in [-0.25, -0.2) is 17.8 Å². The SMILES string of the molecule is O=C(CSc1ncc(-c2ccc(F)cc2)n1Cc1ccccc1)N[C@H]1CCS(=O)(=O)C1. The zero-order valence-electron chi connectivity index (χ0n) is 16.7. The van der Waals surface area contributed by atoms with Crippen LogP contribution in [0.25, 0.3) is 11.3 Å². The number of amides is 1. The predicted molar refractivity (Wildman–Crippen MR) is 119 cm³/mol. The van der Waals surface area contributed by atoms with E-state index in [9.17, 15) is 17.6 Å². The first-order valence-electron chi connectivity index (χ1n) is 9.87. The van der Waals surface area contributed by atoms with Gasteiger partial charge in [0.2, 0.25) is 5.91 Å². The van der Waals surface area contributed by atoms with Crippen LogP contribution >= 0.6 is 11.8 Å². The van der Waals surface area contributed by atoms with Crippen LogP contribution < -0.4 is 5.32 Å². The number of carbonyl (C=O) groups is 1. The molecule has 2 heterocycles. The maximum atomic E-state index is 13.4. The van der Waals surface area contributed by atoms with Crippen LogP contribution in [0.2, 0.25) is 0 Å². The molecule has 1 aromatic heterocycles. The van der Waals surface area contributed by atoms with Gasteiger partial charge in [-0.2, -0.15) is 0 Å². The van der Waals surface area contributed by atoms with Crippen molar-refractivity contribution in [3.63, 3.8) is 0 Å². The molecule has 0 bridgehead atoms. The van der Waals surface area contributed by atoms with Crippen LogP contribution in [-0.2, 0) is 21.2 Å². The van der Waals surface area contributed by atoms with Crippen LogP contribution in [0.5, 0.6) is 0 Å². The minimum atomic E-state index is -3.04. The summed E-state index contributed by atoms with van der Waals surface area (Å²) in [6.45, 7) is 0.554. The molecule has 0 radical (unpaired) electrons. The number of thioether (sulfide) groups is 1. The molecule has 1 fully saturated rings. The van der Waals surface area contributed by atoms with E-state index in [1.165, 1.54) is 23.9 Å². The Labute approximate surface area is 184 Å². The number of rotatable bonds is 7. The third-order valence-corrected chi connectivity index (χ3v) is 7.83. The number of imidazole rings is 1. The van der Waals surface area contributed by atoms with E-state index in [4.69, 9.17) is 0 Å². The molecule has 0 spiro atoms. The van der Waals surface area contributed by atoms with E-state index in [1.807, 2.05) is 34.9 Å². The molecule has 4 rings (SSSR count). The molecule has 1 atom stereocenters. The molecule has 1 amide bonds. The fourth-order valence-corrected chi connectivity index (χ4v) is 6.01. The third-order valence-electron chi connectivity index (χ3n) is 5.07. The van der Waals surface area contributed by atoms with Crippen molar-refractivity contribution in [2.75, 3.05) is 17.3 Å². The molecule has 2 aromatic carbocycles. The van der Waals surface area contributed by atoms with Crippen molar-refractivity contribution in [1.82, 2.24) is 14.9 Å². The van der Waals surface area contributed by atoms with Crippen LogP contribution in [0.1, 0.15) is 12.0 Å². The Balaban J connectivity index is 1.51. The number of sulfone groups is 1. The molecule has 3 aromatic rings. The summed E-state index contributed by atoms with van der Waals surface area (Å²) >= 11 is 1.29. The smallest absolute Gasteiger partial charge is 0.230 e. The quantitative estimate of drug-likeness (QED) is 0.549. The number of nitrogens with one attached hydrogen (secondary N) is 1. The molecule has 0 aliphatic carbocycles. The zero-order valence-corrected chi connectivity index (χ0v) is 18.3. The summed E-state index contributed by atoms with van der Waals surface area (Å²) in [6, 6.07) is 15.8. The lowest BCUT2D eigenvalue weighted by Gasteiger charge is -2.13. The zero-order chi connectivity index (χ0) is 21.8. The van der Waals surface area contributed by atoms with Crippen LogP contribution in [0.4, 0.5) is 4.39 Å². The lowest BCUT2D eigenvalue weighted by atomic mass is 10.1. The van der Waals surface area contributed by atoms with E-state index in [2.05, 4.69) is 10.3 Å². The molecule has 1 N–H and O–H groups in total. The molecule has 0 unspecified atom stereocenters. The summed E-state index contributed by atoms with van der Waals surface area (Å²) in [5, 5.41) is 3.47. The fraction of sp³-hybridized carbons (Fsp3) is 0.273. The molecule has 1 aliphatic heterocycles. The van der Waals surface area contributed by atoms with Gasteiger partial charge in [0.15, 0.2) is 15.0 Å². The number of carbonyl (C=O) groups excluding carboxylic acids is 1. The Morgan fingerprint density at radius 1 is 1.16 bits per heavy atom. The number of nitrogens with zero attached hydrogens (tertiary/aromatic N) is 2. The van der Waals surface area contributed by atoms with E-state index in [0.29, 0.717) is 18.1 Å². The van der Waals surface area contributed by atoms with Crippen LogP contribution in [0.15, 0.2) is 66.0 Å². The molecular formula is C22H22FN3O3S2. The summed E-state index contributed by atoms with van der Waals surface area (Å²) in [5.74, 6) is -0.276. The van der Waals surface area contributed by atoms with Crippen molar-refractivity contribution in [1.29, 1.82) is 0 Å². The molecule has 0 saturated carbocycles. The molecular weight excluding hydrogens is 437 g/mol. The topological polar surface area (TPSA) is 81.1 Å². The monoisotopic (exact) mass is 459 g/mol. The van der Waals surface area contributed by atoms with Gasteiger partial charge in [0.05, 0.1) is 35.7 Å². The maximum Gasteiger partial charge on any atom is 0.230 e. The highest BCUT2D eigenvalue weighted by Gasteiger charge is 2.29. The maximum absolute atomic E-state index is 13.4. The lowest BCUT2D eigenvalue weighted by Crippen LogP contribution is -2.36. The largest absolute Gasteiger partial charge is 0.352 e. The summed E-state index contributed by atoms with van der Waals surface area (Å²) in [6.07, 6.45) is 2.18. The van der Waals surface area contributed by atoms with Crippen LogP contribution in [0.3, 0.4) is 0 Å². The lowest BCUT2D eigenvalue weighted by molar-refractivity contribution is -0.119. The fourth-order valence-electron chi connectivity index (χ4n) is 3.55. The Kier molecular flexibility index (Phi) is 6.43. The Morgan fingerprint density at radius 2 is 1.90 bits per heavy atom. The van der Waals surface area contributed by atoms with Crippen molar-refractivity contribution >= 4 is 27.5 Å². The first-order chi connectivity index (χ1) is 14.9. The molecule has 31 heavy (non-hydrogen) atoms. The first-order valence-corrected chi connectivity index (χ1v) is 12.7. The minimum Gasteiger partial charge on any atom is -0.352 e. The van der Waals surface area contributed by atoms with Crippen molar-refractivity contribution in [2.45, 2.75) is 24.2 Å². The Hall–Kier alpha value is -2.65. The van der Waals surface area contributed by atoms with E-state index in [0.717, 1.165) is 16.8 Å². The summed E-state index contributed by atoms with van der Waals surface area (Å²) in [5.41, 5.74) is 2.73. The highest BCUT2D eigenvalue weighted by molar-refractivity contribution is 7.99. The highest BCUT2D eigenvalue weighted by atomic mass is 32.2. The van der Waals surface area contributed by atoms with Crippen molar-refractivity contribution in [3.05, 3.63) is 72.2 Å². The van der Waals surface area contributed by atoms with E-state index in [1.54, 1.807) is 18.3 Å². The van der Waals surface area contributed by atoms with Gasteiger partial charge < -0.3 is 9.88 Å². The van der Waals surface area contributed by atoms with Crippen LogP contribution in [0, 0.1) is 5.82 Å². The predicted octanol–water partition coefficient (Wildman–Crippen LogP) is 3.13. The highest BCUT2D eigenvalue weighted by Crippen LogP contribution is 2.27. The third kappa shape index (κ3) is 5.54. The van der Waals surface area contributed by atoms with Gasteiger partial charge in [-0.3, -0.25) is 4.79 Å². The van der Waals surface area contributed by atoms with Gasteiger partial charge in [-0.05, 0) is 41.8 Å². The van der Waals surface area contributed by atoms with Gasteiger partial charge >= 0.3 is 0 Å². The van der Waals surface area contributed by atoms with Crippen molar-refractivity contribution in [3.8, 4) is 11.3 Å². The van der Waals surface area contributed by atoms with Crippen molar-refractivity contribution in [2.24, 2.45) is 0 Å². The van der Waals surface area contributed by atoms with E-state index >= 15 is 0 Å². The second kappa shape index (κ2) is 9.23. The van der Waals surface area contributed by atoms with Crippen LogP contribution in [-0.4, -0.2) is 47.2 Å². The average Bonchev–Trinajstić information content (AvgIpc) is 3.30. The van der Waals surface area contributed by atoms with E-state index < -0.39 is 9.84 Å². The molecule has 6 nitrogen and oxygen atoms in total. The normalized spacial score (nSPS) is 17.5. The second-order valence-electron chi connectivity index (χ2n) is 7.46. The molecule has 162 valence electrons. The summed E-state index contributed by atoms with van der Waals surface area (Å²) in [4.78, 5) is 16.9. The molecule has 9 heteroatoms. The number of halogens is 1. The summed E-state index contributed by atoms with van der Waals surface area (Å²) < 4.78 is 38.5.